The number of hydrogen-bond acceptors (Lipinski definition) is 0. The van der Waals surface area contributed by atoms with Gasteiger partial charge in [-0.1, -0.05) is 68.7 Å². The van der Waals surface area contributed by atoms with Gasteiger partial charge in [-0.25, -0.2) is 5.57 Å². The average molecular weight is 643 g/mol. The largest absolute Gasteiger partial charge is 0.150 e. The van der Waals surface area contributed by atoms with Crippen LogP contribution in [0.3, 0.4) is 0 Å². The minimum absolute atomic E-state index is 0. The van der Waals surface area contributed by atoms with Crippen LogP contribution in [0, 0.1) is 12.0 Å². The molecular formula is C37H36Cl2Zr. The second-order valence-electron chi connectivity index (χ2n) is 9.61. The first-order chi connectivity index (χ1) is 18.5. The summed E-state index contributed by atoms with van der Waals surface area (Å²) >= 11 is 1.46. The molecule has 0 fully saturated rings. The maximum absolute atomic E-state index is 3.36. The normalized spacial score (nSPS) is 13.6. The zero-order chi connectivity index (χ0) is 26.9. The van der Waals surface area contributed by atoms with Crippen molar-refractivity contribution in [1.29, 1.82) is 0 Å². The summed E-state index contributed by atoms with van der Waals surface area (Å²) in [4.78, 5) is 0. The minimum atomic E-state index is 0. The first kappa shape index (κ1) is 33.5. The Morgan fingerprint density at radius 1 is 0.675 bits per heavy atom. The van der Waals surface area contributed by atoms with Crippen LogP contribution in [0.5, 0.6) is 0 Å². The van der Waals surface area contributed by atoms with Gasteiger partial charge in [-0.2, -0.15) is 11.1 Å². The fraction of sp³-hybridized carbons (Fsp3) is 0.135. The van der Waals surface area contributed by atoms with Crippen LogP contribution in [0.25, 0.3) is 21.9 Å². The first-order valence-corrected chi connectivity index (χ1v) is 14.4. The molecule has 1 aliphatic carbocycles. The van der Waals surface area contributed by atoms with Crippen LogP contribution in [0.1, 0.15) is 38.8 Å². The van der Waals surface area contributed by atoms with E-state index in [2.05, 4.69) is 161 Å². The zero-order valence-corrected chi connectivity index (χ0v) is 27.6. The Morgan fingerprint density at radius 2 is 1.15 bits per heavy atom. The van der Waals surface area contributed by atoms with Crippen molar-refractivity contribution < 1.29 is 24.2 Å². The SMILES string of the molecule is CC1=[C-]C(C)C(C)=C1C.Cl.Cl.[Zr+2]=[C](c1ccccc1)c1ccccc1.c1ccc(-c2c[cH-]c3ccccc23)cc1. The van der Waals surface area contributed by atoms with Crippen molar-refractivity contribution in [3.05, 3.63) is 161 Å². The molecule has 0 saturated heterocycles. The van der Waals surface area contributed by atoms with E-state index >= 15 is 0 Å². The van der Waals surface area contributed by atoms with E-state index in [0.717, 1.165) is 0 Å². The second-order valence-corrected chi connectivity index (χ2v) is 10.8. The summed E-state index contributed by atoms with van der Waals surface area (Å²) in [5.74, 6) is 0.560. The number of benzene rings is 4. The molecule has 1 atom stereocenters. The van der Waals surface area contributed by atoms with Gasteiger partial charge in [0.1, 0.15) is 0 Å². The first-order valence-electron chi connectivity index (χ1n) is 13.1. The molecule has 0 bridgehead atoms. The summed E-state index contributed by atoms with van der Waals surface area (Å²) in [6, 6.07) is 44.5. The van der Waals surface area contributed by atoms with E-state index in [-0.39, 0.29) is 24.8 Å². The molecule has 6 rings (SSSR count). The molecule has 3 heteroatoms. The van der Waals surface area contributed by atoms with E-state index < -0.39 is 0 Å². The smallest absolute Gasteiger partial charge is 0.0623 e. The van der Waals surface area contributed by atoms with Crippen LogP contribution in [0.15, 0.2) is 144 Å². The van der Waals surface area contributed by atoms with Crippen LogP contribution in [0.4, 0.5) is 0 Å². The summed E-state index contributed by atoms with van der Waals surface area (Å²) in [5, 5.41) is 2.65. The topological polar surface area (TPSA) is 0 Å². The van der Waals surface area contributed by atoms with Gasteiger partial charge in [0, 0.05) is 0 Å². The van der Waals surface area contributed by atoms with E-state index in [9.17, 15) is 0 Å². The molecule has 1 unspecified atom stereocenters. The standard InChI is InChI=1S/C15H11.C13H10.C9H13.2ClH.Zr/c1-2-6-12(7-3-1)15-11-10-13-8-4-5-9-14(13)15;1-3-7-12(8-4-1)11-13-9-5-2-6-10-13;1-6-5-7(2)9(4)8(6)3;;;/h1-11H;1-10H;6H,1-4H3;2*1H;/q-1;;-1;;;+2. The third-order valence-corrected chi connectivity index (χ3v) is 8.55. The van der Waals surface area contributed by atoms with Gasteiger partial charge in [-0.3, -0.25) is 6.08 Å². The Morgan fingerprint density at radius 3 is 1.60 bits per heavy atom. The monoisotopic (exact) mass is 640 g/mol. The van der Waals surface area contributed by atoms with Gasteiger partial charge in [0.2, 0.25) is 0 Å². The van der Waals surface area contributed by atoms with Crippen LogP contribution >= 0.6 is 24.8 Å². The molecule has 0 nitrogen and oxygen atoms in total. The zero-order valence-electron chi connectivity index (χ0n) is 23.5. The molecule has 40 heavy (non-hydrogen) atoms. The number of rotatable bonds is 3. The molecule has 0 amide bonds. The van der Waals surface area contributed by atoms with Crippen molar-refractivity contribution in [2.75, 3.05) is 0 Å². The fourth-order valence-corrected chi connectivity index (χ4v) is 5.38. The van der Waals surface area contributed by atoms with Crippen molar-refractivity contribution >= 4 is 38.8 Å². The second kappa shape index (κ2) is 16.5. The Bertz CT molecular complexity index is 1500. The van der Waals surface area contributed by atoms with Crippen LogP contribution < -0.4 is 0 Å². The molecule has 202 valence electrons. The van der Waals surface area contributed by atoms with Crippen LogP contribution in [-0.4, -0.2) is 3.21 Å². The minimum Gasteiger partial charge on any atom is -0.150 e. The Balaban J connectivity index is 0.000000211. The summed E-state index contributed by atoms with van der Waals surface area (Å²) in [7, 11) is 0. The maximum atomic E-state index is 3.36. The molecule has 0 aliphatic heterocycles. The molecule has 0 spiro atoms. The number of halogens is 2. The number of fused-ring (bicyclic) bond motifs is 1. The summed E-state index contributed by atoms with van der Waals surface area (Å²) < 4.78 is 1.42. The van der Waals surface area contributed by atoms with E-state index in [0.29, 0.717) is 5.92 Å². The maximum Gasteiger partial charge on any atom is -0.0623 e. The van der Waals surface area contributed by atoms with E-state index in [4.69, 9.17) is 0 Å². The third-order valence-electron chi connectivity index (χ3n) is 7.13. The molecule has 0 saturated carbocycles. The van der Waals surface area contributed by atoms with E-state index in [1.807, 2.05) is 0 Å². The van der Waals surface area contributed by atoms with Crippen molar-refractivity contribution in [2.45, 2.75) is 27.7 Å². The predicted octanol–water partition coefficient (Wildman–Crippen LogP) is 10.6. The number of hydrogen-bond donors (Lipinski definition) is 0. The molecule has 0 N–H and O–H groups in total. The molecule has 5 aromatic rings. The Hall–Kier alpha value is -2.70. The van der Waals surface area contributed by atoms with Crippen molar-refractivity contribution in [1.82, 2.24) is 0 Å². The Labute approximate surface area is 267 Å². The van der Waals surface area contributed by atoms with Gasteiger partial charge in [0.05, 0.1) is 0 Å². The van der Waals surface area contributed by atoms with Crippen LogP contribution in [0.2, 0.25) is 0 Å². The molecular weight excluding hydrogens is 607 g/mol. The molecule has 0 radical (unpaired) electrons. The fourth-order valence-electron chi connectivity index (χ4n) is 4.56. The van der Waals surface area contributed by atoms with Crippen LogP contribution in [-0.2, 0) is 24.2 Å². The van der Waals surface area contributed by atoms with E-state index in [1.165, 1.54) is 77.2 Å². The van der Waals surface area contributed by atoms with E-state index in [1.54, 1.807) is 0 Å². The van der Waals surface area contributed by atoms with Crippen molar-refractivity contribution in [3.8, 4) is 11.1 Å². The molecule has 5 aromatic carbocycles. The predicted molar refractivity (Wildman–Crippen MR) is 176 cm³/mol. The summed E-state index contributed by atoms with van der Waals surface area (Å²) in [6.45, 7) is 8.67. The van der Waals surface area contributed by atoms with Gasteiger partial charge in [-0.05, 0) is 0 Å². The number of allylic oxidation sites excluding steroid dienone is 4. The van der Waals surface area contributed by atoms with Gasteiger partial charge in [0.15, 0.2) is 0 Å². The van der Waals surface area contributed by atoms with Crippen molar-refractivity contribution in [2.24, 2.45) is 5.92 Å². The third kappa shape index (κ3) is 8.65. The Kier molecular flexibility index (Phi) is 13.9. The average Bonchev–Trinajstić information content (AvgIpc) is 3.51. The van der Waals surface area contributed by atoms with Gasteiger partial charge < -0.3 is 0 Å². The molecule has 1 aliphatic rings. The summed E-state index contributed by atoms with van der Waals surface area (Å²) in [6.07, 6.45) is 3.36. The molecule has 0 aromatic heterocycles. The quantitative estimate of drug-likeness (QED) is 0.172. The van der Waals surface area contributed by atoms with Gasteiger partial charge in [-0.15, -0.1) is 78.4 Å². The molecule has 0 heterocycles. The van der Waals surface area contributed by atoms with Gasteiger partial charge >= 0.3 is 99.2 Å². The van der Waals surface area contributed by atoms with Gasteiger partial charge in [0.25, 0.3) is 0 Å². The van der Waals surface area contributed by atoms with Crippen molar-refractivity contribution in [3.63, 3.8) is 0 Å². The summed E-state index contributed by atoms with van der Waals surface area (Å²) in [5.41, 5.74) is 9.52.